The van der Waals surface area contributed by atoms with Crippen LogP contribution < -0.4 is 14.8 Å². The Morgan fingerprint density at radius 1 is 1.22 bits per heavy atom. The molecule has 27 heavy (non-hydrogen) atoms. The number of ether oxygens (including phenoxy) is 3. The zero-order chi connectivity index (χ0) is 19.2. The van der Waals surface area contributed by atoms with Gasteiger partial charge in [-0.25, -0.2) is 0 Å². The van der Waals surface area contributed by atoms with Crippen molar-refractivity contribution in [3.05, 3.63) is 41.3 Å². The van der Waals surface area contributed by atoms with Gasteiger partial charge >= 0.3 is 0 Å². The van der Waals surface area contributed by atoms with Gasteiger partial charge in [-0.1, -0.05) is 11.2 Å². The van der Waals surface area contributed by atoms with E-state index in [1.807, 2.05) is 18.2 Å². The number of aryl methyl sites for hydroxylation is 1. The van der Waals surface area contributed by atoms with E-state index < -0.39 is 0 Å². The molecule has 1 saturated heterocycles. The van der Waals surface area contributed by atoms with Crippen molar-refractivity contribution in [1.82, 2.24) is 15.4 Å². The van der Waals surface area contributed by atoms with Gasteiger partial charge < -0.3 is 24.1 Å². The van der Waals surface area contributed by atoms with Gasteiger partial charge in [0.1, 0.15) is 0 Å². The van der Waals surface area contributed by atoms with Crippen LogP contribution in [-0.2, 0) is 4.74 Å². The zero-order valence-corrected chi connectivity index (χ0v) is 15.9. The van der Waals surface area contributed by atoms with Crippen molar-refractivity contribution < 1.29 is 23.5 Å². The largest absolute Gasteiger partial charge is 0.493 e. The van der Waals surface area contributed by atoms with Crippen LogP contribution in [0.5, 0.6) is 11.5 Å². The van der Waals surface area contributed by atoms with Gasteiger partial charge in [-0.2, -0.15) is 0 Å². The molecule has 0 spiro atoms. The van der Waals surface area contributed by atoms with Crippen LogP contribution in [0.3, 0.4) is 0 Å². The molecule has 8 nitrogen and oxygen atoms in total. The number of nitrogens with zero attached hydrogens (tertiary/aromatic N) is 2. The Morgan fingerprint density at radius 2 is 1.96 bits per heavy atom. The maximum atomic E-state index is 12.4. The maximum absolute atomic E-state index is 12.4. The molecular formula is C19H25N3O5. The van der Waals surface area contributed by atoms with E-state index in [9.17, 15) is 4.79 Å². The Balaban J connectivity index is 1.79. The number of rotatable bonds is 7. The highest BCUT2D eigenvalue weighted by Crippen LogP contribution is 2.32. The van der Waals surface area contributed by atoms with Crippen LogP contribution in [-0.4, -0.2) is 63.0 Å². The number of hydrogen-bond donors (Lipinski definition) is 1. The average molecular weight is 375 g/mol. The van der Waals surface area contributed by atoms with Gasteiger partial charge in [0, 0.05) is 25.7 Å². The highest BCUT2D eigenvalue weighted by molar-refractivity contribution is 5.91. The monoisotopic (exact) mass is 375 g/mol. The summed E-state index contributed by atoms with van der Waals surface area (Å²) in [6, 6.07) is 7.41. The number of morpholine rings is 1. The van der Waals surface area contributed by atoms with Crippen LogP contribution >= 0.6 is 0 Å². The van der Waals surface area contributed by atoms with Gasteiger partial charge in [-0.05, 0) is 24.6 Å². The number of hydrogen-bond acceptors (Lipinski definition) is 7. The van der Waals surface area contributed by atoms with Crippen molar-refractivity contribution in [2.75, 3.05) is 47.1 Å². The first-order valence-electron chi connectivity index (χ1n) is 8.87. The van der Waals surface area contributed by atoms with Crippen LogP contribution in [0.4, 0.5) is 0 Å². The molecule has 0 radical (unpaired) electrons. The predicted octanol–water partition coefficient (Wildman–Crippen LogP) is 1.80. The van der Waals surface area contributed by atoms with E-state index in [2.05, 4.69) is 15.4 Å². The Bertz CT molecular complexity index is 770. The Labute approximate surface area is 158 Å². The second-order valence-corrected chi connectivity index (χ2v) is 6.32. The minimum atomic E-state index is -0.283. The standard InChI is InChI=1S/C19H25N3O5/c1-13-10-18(27-21-13)19(23)20-12-15(22-6-8-26-9-7-22)14-4-5-16(24-2)17(11-14)25-3/h4-5,10-11,15H,6-9,12H2,1-3H3,(H,20,23)/t15-/m1/s1. The number of aromatic nitrogens is 1. The summed E-state index contributed by atoms with van der Waals surface area (Å²) in [4.78, 5) is 14.7. The number of methoxy groups -OCH3 is 2. The van der Waals surface area contributed by atoms with E-state index in [1.165, 1.54) is 0 Å². The van der Waals surface area contributed by atoms with Crippen LogP contribution in [0.1, 0.15) is 27.9 Å². The Kier molecular flexibility index (Phi) is 6.31. The fourth-order valence-corrected chi connectivity index (χ4v) is 3.15. The summed E-state index contributed by atoms with van der Waals surface area (Å²) in [6.45, 7) is 5.11. The number of amides is 1. The van der Waals surface area contributed by atoms with Crippen LogP contribution in [0.25, 0.3) is 0 Å². The lowest BCUT2D eigenvalue weighted by Gasteiger charge is -2.35. The second-order valence-electron chi connectivity index (χ2n) is 6.32. The van der Waals surface area contributed by atoms with Crippen LogP contribution in [0.2, 0.25) is 0 Å². The molecule has 2 heterocycles. The van der Waals surface area contributed by atoms with Crippen LogP contribution in [0, 0.1) is 6.92 Å². The van der Waals surface area contributed by atoms with Gasteiger partial charge in [0.05, 0.1) is 39.2 Å². The predicted molar refractivity (Wildman–Crippen MR) is 98.3 cm³/mol. The van der Waals surface area contributed by atoms with Gasteiger partial charge in [0.25, 0.3) is 5.91 Å². The molecule has 3 rings (SSSR count). The molecule has 1 fully saturated rings. The molecular weight excluding hydrogens is 350 g/mol. The molecule has 1 aromatic heterocycles. The quantitative estimate of drug-likeness (QED) is 0.790. The molecule has 1 atom stereocenters. The zero-order valence-electron chi connectivity index (χ0n) is 15.9. The van der Waals surface area contributed by atoms with E-state index in [-0.39, 0.29) is 17.7 Å². The fourth-order valence-electron chi connectivity index (χ4n) is 3.15. The van der Waals surface area contributed by atoms with Gasteiger partial charge in [-0.15, -0.1) is 0 Å². The first-order chi connectivity index (χ1) is 13.1. The summed E-state index contributed by atoms with van der Waals surface area (Å²) < 4.78 is 21.3. The summed E-state index contributed by atoms with van der Waals surface area (Å²) >= 11 is 0. The smallest absolute Gasteiger partial charge is 0.289 e. The summed E-state index contributed by atoms with van der Waals surface area (Å²) in [5.74, 6) is 1.25. The Morgan fingerprint density at radius 3 is 2.59 bits per heavy atom. The third kappa shape index (κ3) is 4.58. The lowest BCUT2D eigenvalue weighted by Crippen LogP contribution is -2.43. The van der Waals surface area contributed by atoms with Crippen LogP contribution in [0.15, 0.2) is 28.8 Å². The second kappa shape index (κ2) is 8.88. The van der Waals surface area contributed by atoms with E-state index in [0.717, 1.165) is 18.7 Å². The SMILES string of the molecule is COc1ccc([C@@H](CNC(=O)c2cc(C)no2)N2CCOCC2)cc1OC. The van der Waals surface area contributed by atoms with Gasteiger partial charge in [0.2, 0.25) is 5.76 Å². The van der Waals surface area contributed by atoms with E-state index in [0.29, 0.717) is 37.0 Å². The summed E-state index contributed by atoms with van der Waals surface area (Å²) in [6.07, 6.45) is 0. The molecule has 1 amide bonds. The van der Waals surface area contributed by atoms with Crippen molar-refractivity contribution in [3.8, 4) is 11.5 Å². The molecule has 0 bridgehead atoms. The number of carbonyl (C=O) groups is 1. The van der Waals surface area contributed by atoms with Crippen molar-refractivity contribution in [2.45, 2.75) is 13.0 Å². The molecule has 1 aliphatic heterocycles. The lowest BCUT2D eigenvalue weighted by molar-refractivity contribution is 0.0161. The first kappa shape index (κ1) is 19.2. The fraction of sp³-hybridized carbons (Fsp3) is 0.474. The molecule has 1 aromatic carbocycles. The normalized spacial score (nSPS) is 16.0. The van der Waals surface area contributed by atoms with Crippen molar-refractivity contribution >= 4 is 5.91 Å². The molecule has 1 aliphatic rings. The highest BCUT2D eigenvalue weighted by Gasteiger charge is 2.25. The van der Waals surface area contributed by atoms with Crippen molar-refractivity contribution in [1.29, 1.82) is 0 Å². The summed E-state index contributed by atoms with van der Waals surface area (Å²) in [7, 11) is 3.22. The van der Waals surface area contributed by atoms with Crippen molar-refractivity contribution in [3.63, 3.8) is 0 Å². The Hall–Kier alpha value is -2.58. The molecule has 146 valence electrons. The summed E-state index contributed by atoms with van der Waals surface area (Å²) in [5.41, 5.74) is 1.70. The van der Waals surface area contributed by atoms with Gasteiger partial charge in [0.15, 0.2) is 11.5 Å². The maximum Gasteiger partial charge on any atom is 0.289 e. The van der Waals surface area contributed by atoms with E-state index >= 15 is 0 Å². The minimum Gasteiger partial charge on any atom is -0.493 e. The molecule has 0 unspecified atom stereocenters. The first-order valence-corrected chi connectivity index (χ1v) is 8.87. The third-order valence-corrected chi connectivity index (χ3v) is 4.59. The minimum absolute atomic E-state index is 0.0262. The highest BCUT2D eigenvalue weighted by atomic mass is 16.5. The van der Waals surface area contributed by atoms with Gasteiger partial charge in [-0.3, -0.25) is 9.69 Å². The molecule has 2 aromatic rings. The molecule has 0 saturated carbocycles. The number of carbonyl (C=O) groups excluding carboxylic acids is 1. The average Bonchev–Trinajstić information content (AvgIpc) is 3.15. The topological polar surface area (TPSA) is 86.1 Å². The number of nitrogens with one attached hydrogen (secondary N) is 1. The number of benzene rings is 1. The van der Waals surface area contributed by atoms with E-state index in [1.54, 1.807) is 27.2 Å². The van der Waals surface area contributed by atoms with Crippen molar-refractivity contribution in [2.24, 2.45) is 0 Å². The molecule has 0 aliphatic carbocycles. The summed E-state index contributed by atoms with van der Waals surface area (Å²) in [5, 5.41) is 6.71. The lowest BCUT2D eigenvalue weighted by atomic mass is 10.0. The molecule has 1 N–H and O–H groups in total. The molecule has 8 heteroatoms. The van der Waals surface area contributed by atoms with E-state index in [4.69, 9.17) is 18.7 Å². The third-order valence-electron chi connectivity index (χ3n) is 4.59.